The molecule has 0 bridgehead atoms. The molecular formula is C12H14N2O. The van der Waals surface area contributed by atoms with E-state index in [-0.39, 0.29) is 6.04 Å². The predicted octanol–water partition coefficient (Wildman–Crippen LogP) is 1.96. The van der Waals surface area contributed by atoms with Gasteiger partial charge in [0.25, 0.3) is 0 Å². The van der Waals surface area contributed by atoms with Crippen LogP contribution < -0.4 is 10.5 Å². The Hall–Kier alpha value is -1.61. The van der Waals surface area contributed by atoms with Crippen LogP contribution >= 0.6 is 0 Å². The van der Waals surface area contributed by atoms with Crippen molar-refractivity contribution in [2.45, 2.75) is 13.0 Å². The maximum Gasteiger partial charge on any atom is 0.128 e. The van der Waals surface area contributed by atoms with Gasteiger partial charge in [0.15, 0.2) is 0 Å². The Morgan fingerprint density at radius 1 is 1.33 bits per heavy atom. The van der Waals surface area contributed by atoms with Crippen LogP contribution in [0.15, 0.2) is 36.5 Å². The summed E-state index contributed by atoms with van der Waals surface area (Å²) in [6, 6.07) is 9.78. The summed E-state index contributed by atoms with van der Waals surface area (Å²) in [6.45, 7) is 2.44. The van der Waals surface area contributed by atoms with Gasteiger partial charge in [0.2, 0.25) is 0 Å². The Bertz CT molecular complexity index is 449. The van der Waals surface area contributed by atoms with Gasteiger partial charge in [-0.25, -0.2) is 0 Å². The van der Waals surface area contributed by atoms with Crippen LogP contribution in [0.1, 0.15) is 6.92 Å². The highest BCUT2D eigenvalue weighted by Crippen LogP contribution is 2.23. The molecule has 0 spiro atoms. The minimum atomic E-state index is 0.0388. The van der Waals surface area contributed by atoms with Crippen molar-refractivity contribution in [3.05, 3.63) is 36.5 Å². The van der Waals surface area contributed by atoms with Crippen LogP contribution in [0.25, 0.3) is 10.9 Å². The lowest BCUT2D eigenvalue weighted by atomic mass is 10.2. The van der Waals surface area contributed by atoms with Crippen molar-refractivity contribution < 1.29 is 4.74 Å². The van der Waals surface area contributed by atoms with E-state index in [0.717, 1.165) is 16.7 Å². The molecule has 15 heavy (non-hydrogen) atoms. The summed E-state index contributed by atoms with van der Waals surface area (Å²) in [4.78, 5) is 4.26. The van der Waals surface area contributed by atoms with Gasteiger partial charge in [-0.2, -0.15) is 0 Å². The summed E-state index contributed by atoms with van der Waals surface area (Å²) in [5.41, 5.74) is 6.59. The fourth-order valence-corrected chi connectivity index (χ4v) is 1.42. The van der Waals surface area contributed by atoms with Crippen molar-refractivity contribution in [3.8, 4) is 5.75 Å². The molecule has 0 aliphatic carbocycles. The summed E-state index contributed by atoms with van der Waals surface area (Å²) in [6.07, 6.45) is 1.78. The Balaban J connectivity index is 2.34. The van der Waals surface area contributed by atoms with Gasteiger partial charge in [-0.05, 0) is 31.2 Å². The van der Waals surface area contributed by atoms with Crippen molar-refractivity contribution in [1.29, 1.82) is 0 Å². The quantitative estimate of drug-likeness (QED) is 0.827. The predicted molar refractivity (Wildman–Crippen MR) is 60.9 cm³/mol. The first-order valence-corrected chi connectivity index (χ1v) is 4.99. The van der Waals surface area contributed by atoms with Crippen LogP contribution in [0.5, 0.6) is 5.75 Å². The fourth-order valence-electron chi connectivity index (χ4n) is 1.42. The molecule has 2 aromatic rings. The largest absolute Gasteiger partial charge is 0.491 e. The Kier molecular flexibility index (Phi) is 2.83. The summed E-state index contributed by atoms with van der Waals surface area (Å²) < 4.78 is 5.62. The van der Waals surface area contributed by atoms with E-state index in [4.69, 9.17) is 10.5 Å². The van der Waals surface area contributed by atoms with Gasteiger partial charge in [-0.1, -0.05) is 6.07 Å². The van der Waals surface area contributed by atoms with E-state index in [2.05, 4.69) is 4.98 Å². The van der Waals surface area contributed by atoms with Crippen molar-refractivity contribution in [3.63, 3.8) is 0 Å². The Morgan fingerprint density at radius 3 is 3.00 bits per heavy atom. The highest BCUT2D eigenvalue weighted by Gasteiger charge is 2.02. The van der Waals surface area contributed by atoms with Gasteiger partial charge >= 0.3 is 0 Å². The molecule has 1 atom stereocenters. The van der Waals surface area contributed by atoms with Crippen LogP contribution in [0.2, 0.25) is 0 Å². The minimum absolute atomic E-state index is 0.0388. The molecule has 0 radical (unpaired) electrons. The molecule has 1 aromatic heterocycles. The van der Waals surface area contributed by atoms with Crippen LogP contribution in [0, 0.1) is 0 Å². The number of hydrogen-bond donors (Lipinski definition) is 1. The van der Waals surface area contributed by atoms with E-state index in [0.29, 0.717) is 6.61 Å². The highest BCUT2D eigenvalue weighted by atomic mass is 16.5. The minimum Gasteiger partial charge on any atom is -0.491 e. The highest BCUT2D eigenvalue weighted by molar-refractivity contribution is 5.84. The number of pyridine rings is 1. The Morgan fingerprint density at radius 2 is 2.20 bits per heavy atom. The van der Waals surface area contributed by atoms with Crippen LogP contribution in [-0.4, -0.2) is 17.6 Å². The molecular weight excluding hydrogens is 188 g/mol. The van der Waals surface area contributed by atoms with E-state index in [1.165, 1.54) is 0 Å². The standard InChI is InChI=1S/C12H14N2O/c1-9(13)8-15-12-6-2-5-11-10(12)4-3-7-14-11/h2-7,9H,8,13H2,1H3/t9-/m1/s1. The lowest BCUT2D eigenvalue weighted by Crippen LogP contribution is -2.23. The number of ether oxygens (including phenoxy) is 1. The van der Waals surface area contributed by atoms with E-state index in [9.17, 15) is 0 Å². The molecule has 1 aromatic carbocycles. The number of fused-ring (bicyclic) bond motifs is 1. The third-order valence-corrected chi connectivity index (χ3v) is 2.11. The van der Waals surface area contributed by atoms with E-state index in [1.807, 2.05) is 37.3 Å². The molecule has 0 aliphatic rings. The lowest BCUT2D eigenvalue weighted by molar-refractivity contribution is 0.299. The van der Waals surface area contributed by atoms with Gasteiger partial charge in [0.1, 0.15) is 12.4 Å². The smallest absolute Gasteiger partial charge is 0.128 e. The van der Waals surface area contributed by atoms with Crippen LogP contribution in [0.4, 0.5) is 0 Å². The number of nitrogens with two attached hydrogens (primary N) is 1. The zero-order valence-electron chi connectivity index (χ0n) is 8.68. The third kappa shape index (κ3) is 2.25. The van der Waals surface area contributed by atoms with Gasteiger partial charge < -0.3 is 10.5 Å². The van der Waals surface area contributed by atoms with Crippen molar-refractivity contribution in [1.82, 2.24) is 4.98 Å². The lowest BCUT2D eigenvalue weighted by Gasteiger charge is -2.10. The number of rotatable bonds is 3. The third-order valence-electron chi connectivity index (χ3n) is 2.11. The molecule has 0 amide bonds. The second kappa shape index (κ2) is 4.28. The van der Waals surface area contributed by atoms with E-state index in [1.54, 1.807) is 6.20 Å². The maximum absolute atomic E-state index is 5.64. The number of benzene rings is 1. The second-order valence-electron chi connectivity index (χ2n) is 3.61. The van der Waals surface area contributed by atoms with E-state index < -0.39 is 0 Å². The summed E-state index contributed by atoms with van der Waals surface area (Å²) in [5, 5.41) is 1.03. The van der Waals surface area contributed by atoms with Gasteiger partial charge in [0, 0.05) is 17.6 Å². The van der Waals surface area contributed by atoms with Crippen LogP contribution in [0.3, 0.4) is 0 Å². The van der Waals surface area contributed by atoms with Gasteiger partial charge in [0.05, 0.1) is 5.52 Å². The van der Waals surface area contributed by atoms with E-state index >= 15 is 0 Å². The molecule has 0 aliphatic heterocycles. The number of nitrogens with zero attached hydrogens (tertiary/aromatic N) is 1. The van der Waals surface area contributed by atoms with Crippen molar-refractivity contribution in [2.24, 2.45) is 5.73 Å². The molecule has 3 nitrogen and oxygen atoms in total. The SMILES string of the molecule is C[C@@H](N)COc1cccc2ncccc12. The summed E-state index contributed by atoms with van der Waals surface area (Å²) in [7, 11) is 0. The molecule has 2 rings (SSSR count). The molecule has 2 N–H and O–H groups in total. The summed E-state index contributed by atoms with van der Waals surface area (Å²) >= 11 is 0. The van der Waals surface area contributed by atoms with Crippen LogP contribution in [-0.2, 0) is 0 Å². The average Bonchev–Trinajstić information content (AvgIpc) is 2.26. The second-order valence-corrected chi connectivity index (χ2v) is 3.61. The van der Waals surface area contributed by atoms with Crippen molar-refractivity contribution in [2.75, 3.05) is 6.61 Å². The molecule has 78 valence electrons. The monoisotopic (exact) mass is 202 g/mol. The maximum atomic E-state index is 5.64. The van der Waals surface area contributed by atoms with Gasteiger partial charge in [-0.15, -0.1) is 0 Å². The first-order chi connectivity index (χ1) is 7.27. The molecule has 0 saturated carbocycles. The summed E-state index contributed by atoms with van der Waals surface area (Å²) in [5.74, 6) is 0.845. The zero-order valence-corrected chi connectivity index (χ0v) is 8.68. The first kappa shape index (κ1) is 9.93. The molecule has 0 saturated heterocycles. The van der Waals surface area contributed by atoms with Gasteiger partial charge in [-0.3, -0.25) is 4.98 Å². The fraction of sp³-hybridized carbons (Fsp3) is 0.250. The topological polar surface area (TPSA) is 48.1 Å². The first-order valence-electron chi connectivity index (χ1n) is 4.99. The molecule has 0 fully saturated rings. The molecule has 3 heteroatoms. The molecule has 1 heterocycles. The normalized spacial score (nSPS) is 12.7. The average molecular weight is 202 g/mol. The zero-order chi connectivity index (χ0) is 10.7. The molecule has 0 unspecified atom stereocenters. The van der Waals surface area contributed by atoms with Crippen molar-refractivity contribution >= 4 is 10.9 Å². The Labute approximate surface area is 88.9 Å². The number of aromatic nitrogens is 1. The number of hydrogen-bond acceptors (Lipinski definition) is 3.